The first-order valence-electron chi connectivity index (χ1n) is 7.59. The molecule has 2 heterocycles. The molecule has 0 bridgehead atoms. The lowest BCUT2D eigenvalue weighted by molar-refractivity contribution is -0.132. The number of likely N-dealkylation sites (tertiary alicyclic amines) is 1. The van der Waals surface area contributed by atoms with Crippen LogP contribution in [0.15, 0.2) is 18.2 Å². The second kappa shape index (κ2) is 6.35. The number of hydrogen-bond donors (Lipinski definition) is 1. The van der Waals surface area contributed by atoms with Crippen LogP contribution in [0.1, 0.15) is 37.4 Å². The van der Waals surface area contributed by atoms with Crippen LogP contribution in [0.5, 0.6) is 11.5 Å². The largest absolute Gasteiger partial charge is 0.486 e. The average Bonchev–Trinajstić information content (AvgIpc) is 2.72. The maximum atomic E-state index is 12.0. The lowest BCUT2D eigenvalue weighted by Crippen LogP contribution is -2.34. The molecule has 5 heteroatoms. The van der Waals surface area contributed by atoms with E-state index in [2.05, 4.69) is 0 Å². The van der Waals surface area contributed by atoms with Gasteiger partial charge in [-0.3, -0.25) is 4.79 Å². The van der Waals surface area contributed by atoms with E-state index >= 15 is 0 Å². The fraction of sp³-hybridized carbons (Fsp3) is 0.562. The topological polar surface area (TPSA) is 59.0 Å². The molecule has 2 aliphatic heterocycles. The highest BCUT2D eigenvalue weighted by molar-refractivity contribution is 5.76. The summed E-state index contributed by atoms with van der Waals surface area (Å²) in [6.07, 6.45) is 2.95. The van der Waals surface area contributed by atoms with Crippen LogP contribution in [0.4, 0.5) is 0 Å². The van der Waals surface area contributed by atoms with Gasteiger partial charge in [0.05, 0.1) is 12.6 Å². The van der Waals surface area contributed by atoms with Crippen LogP contribution >= 0.6 is 0 Å². The van der Waals surface area contributed by atoms with Gasteiger partial charge in [0.25, 0.3) is 0 Å². The molecule has 0 radical (unpaired) electrons. The summed E-state index contributed by atoms with van der Waals surface area (Å²) in [6, 6.07) is 5.46. The molecular formula is C16H21NO4. The van der Waals surface area contributed by atoms with Crippen molar-refractivity contribution in [3.63, 3.8) is 0 Å². The number of benzene rings is 1. The molecule has 1 aromatic rings. The number of ether oxygens (including phenoxy) is 2. The van der Waals surface area contributed by atoms with E-state index in [0.717, 1.165) is 31.4 Å². The molecule has 1 unspecified atom stereocenters. The third kappa shape index (κ3) is 3.29. The van der Waals surface area contributed by atoms with Gasteiger partial charge in [0.15, 0.2) is 11.5 Å². The fourth-order valence-corrected chi connectivity index (χ4v) is 2.81. The molecule has 2 aliphatic rings. The first kappa shape index (κ1) is 14.2. The normalized spacial score (nSPS) is 20.0. The molecule has 114 valence electrons. The zero-order valence-corrected chi connectivity index (χ0v) is 12.1. The van der Waals surface area contributed by atoms with E-state index in [1.807, 2.05) is 18.2 Å². The molecule has 1 amide bonds. The van der Waals surface area contributed by atoms with Crippen molar-refractivity contribution < 1.29 is 19.4 Å². The molecule has 1 N–H and O–H groups in total. The minimum absolute atomic E-state index is 0.143. The fourth-order valence-electron chi connectivity index (χ4n) is 2.81. The van der Waals surface area contributed by atoms with E-state index in [9.17, 15) is 9.90 Å². The Morgan fingerprint density at radius 2 is 1.95 bits per heavy atom. The Labute approximate surface area is 124 Å². The van der Waals surface area contributed by atoms with E-state index in [4.69, 9.17) is 9.47 Å². The number of aliphatic hydroxyl groups excluding tert-OH is 1. The van der Waals surface area contributed by atoms with Gasteiger partial charge in [0, 0.05) is 13.0 Å². The van der Waals surface area contributed by atoms with Gasteiger partial charge in [-0.15, -0.1) is 0 Å². The smallest absolute Gasteiger partial charge is 0.222 e. The molecular weight excluding hydrogens is 270 g/mol. The summed E-state index contributed by atoms with van der Waals surface area (Å²) in [7, 11) is 0. The zero-order valence-electron chi connectivity index (χ0n) is 12.1. The number of carbonyl (C=O) groups is 1. The molecule has 1 fully saturated rings. The van der Waals surface area contributed by atoms with Crippen LogP contribution < -0.4 is 9.47 Å². The molecule has 5 nitrogen and oxygen atoms in total. The number of β-amino-alcohol motifs (C(OH)–C–C–N with tert-alkyl or cyclic N) is 1. The van der Waals surface area contributed by atoms with Crippen LogP contribution in [0, 0.1) is 0 Å². The molecule has 3 rings (SSSR count). The van der Waals surface area contributed by atoms with Crippen molar-refractivity contribution in [3.05, 3.63) is 23.8 Å². The van der Waals surface area contributed by atoms with Crippen molar-refractivity contribution in [3.8, 4) is 11.5 Å². The molecule has 1 aromatic carbocycles. The third-order valence-corrected chi connectivity index (χ3v) is 4.02. The van der Waals surface area contributed by atoms with E-state index in [1.54, 1.807) is 4.90 Å². The summed E-state index contributed by atoms with van der Waals surface area (Å²) < 4.78 is 11.0. The number of carbonyl (C=O) groups excluding carboxylic acids is 1. The first-order valence-corrected chi connectivity index (χ1v) is 7.59. The molecule has 1 saturated heterocycles. The van der Waals surface area contributed by atoms with Gasteiger partial charge in [-0.1, -0.05) is 12.5 Å². The Balaban J connectivity index is 1.69. The van der Waals surface area contributed by atoms with Crippen molar-refractivity contribution in [2.24, 2.45) is 0 Å². The predicted molar refractivity (Wildman–Crippen MR) is 77.4 cm³/mol. The second-order valence-corrected chi connectivity index (χ2v) is 5.57. The highest BCUT2D eigenvalue weighted by Crippen LogP contribution is 2.33. The van der Waals surface area contributed by atoms with Gasteiger partial charge in [-0.2, -0.15) is 0 Å². The molecule has 0 aliphatic carbocycles. The molecule has 0 saturated carbocycles. The predicted octanol–water partition coefficient (Wildman–Crippen LogP) is 1.89. The van der Waals surface area contributed by atoms with Crippen molar-refractivity contribution in [2.45, 2.75) is 31.8 Å². The van der Waals surface area contributed by atoms with Gasteiger partial charge < -0.3 is 19.5 Å². The first-order chi connectivity index (χ1) is 10.2. The number of hydrogen-bond acceptors (Lipinski definition) is 4. The SMILES string of the molecule is O=C1CCCCCN1CC(O)c1ccc2c(c1)OCCO2. The molecule has 1 atom stereocenters. The van der Waals surface area contributed by atoms with E-state index in [1.165, 1.54) is 0 Å². The minimum atomic E-state index is -0.692. The highest BCUT2D eigenvalue weighted by Gasteiger charge is 2.21. The van der Waals surface area contributed by atoms with E-state index in [0.29, 0.717) is 37.7 Å². The van der Waals surface area contributed by atoms with Crippen LogP contribution in [0.25, 0.3) is 0 Å². The quantitative estimate of drug-likeness (QED) is 0.924. The van der Waals surface area contributed by atoms with Gasteiger partial charge in [0.2, 0.25) is 5.91 Å². The van der Waals surface area contributed by atoms with Crippen molar-refractivity contribution in [1.29, 1.82) is 0 Å². The van der Waals surface area contributed by atoms with E-state index < -0.39 is 6.10 Å². The molecule has 0 spiro atoms. The molecule has 0 aromatic heterocycles. The summed E-state index contributed by atoms with van der Waals surface area (Å²) in [5, 5.41) is 10.4. The Bertz CT molecular complexity index is 517. The number of fused-ring (bicyclic) bond motifs is 1. The lowest BCUT2D eigenvalue weighted by atomic mass is 10.1. The van der Waals surface area contributed by atoms with Crippen molar-refractivity contribution in [1.82, 2.24) is 4.90 Å². The lowest BCUT2D eigenvalue weighted by Gasteiger charge is -2.25. The van der Waals surface area contributed by atoms with E-state index in [-0.39, 0.29) is 5.91 Å². The monoisotopic (exact) mass is 291 g/mol. The standard InChI is InChI=1S/C16H21NO4/c18-13(11-17-7-3-1-2-4-16(17)19)12-5-6-14-15(10-12)21-9-8-20-14/h5-6,10,13,18H,1-4,7-9,11H2. The Kier molecular flexibility index (Phi) is 4.29. The zero-order chi connectivity index (χ0) is 14.7. The Hall–Kier alpha value is -1.75. The summed E-state index contributed by atoms with van der Waals surface area (Å²) in [5.41, 5.74) is 0.760. The van der Waals surface area contributed by atoms with Gasteiger partial charge in [0.1, 0.15) is 13.2 Å². The summed E-state index contributed by atoms with van der Waals surface area (Å²) in [4.78, 5) is 13.8. The van der Waals surface area contributed by atoms with Crippen molar-refractivity contribution >= 4 is 5.91 Å². The summed E-state index contributed by atoms with van der Waals surface area (Å²) in [6.45, 7) is 2.16. The highest BCUT2D eigenvalue weighted by atomic mass is 16.6. The Morgan fingerprint density at radius 3 is 2.81 bits per heavy atom. The van der Waals surface area contributed by atoms with Gasteiger partial charge >= 0.3 is 0 Å². The van der Waals surface area contributed by atoms with Crippen LogP contribution in [-0.2, 0) is 4.79 Å². The number of aliphatic hydroxyl groups is 1. The van der Waals surface area contributed by atoms with Crippen LogP contribution in [0.3, 0.4) is 0 Å². The Morgan fingerprint density at radius 1 is 1.14 bits per heavy atom. The van der Waals surface area contributed by atoms with Crippen molar-refractivity contribution in [2.75, 3.05) is 26.3 Å². The minimum Gasteiger partial charge on any atom is -0.486 e. The van der Waals surface area contributed by atoms with Gasteiger partial charge in [-0.05, 0) is 30.5 Å². The number of nitrogens with zero attached hydrogens (tertiary/aromatic N) is 1. The second-order valence-electron chi connectivity index (χ2n) is 5.57. The number of amides is 1. The maximum absolute atomic E-state index is 12.0. The maximum Gasteiger partial charge on any atom is 0.222 e. The average molecular weight is 291 g/mol. The molecule has 21 heavy (non-hydrogen) atoms. The number of rotatable bonds is 3. The van der Waals surface area contributed by atoms with Crippen LogP contribution in [0.2, 0.25) is 0 Å². The van der Waals surface area contributed by atoms with Gasteiger partial charge in [-0.25, -0.2) is 0 Å². The summed E-state index contributed by atoms with van der Waals surface area (Å²) in [5.74, 6) is 1.52. The third-order valence-electron chi connectivity index (χ3n) is 4.02. The van der Waals surface area contributed by atoms with Crippen LogP contribution in [-0.4, -0.2) is 42.2 Å². The summed E-state index contributed by atoms with van der Waals surface area (Å²) >= 11 is 0.